The largest absolute Gasteiger partial charge is 0.378 e. The highest BCUT2D eigenvalue weighted by molar-refractivity contribution is 9.09. The van der Waals surface area contributed by atoms with Gasteiger partial charge >= 0.3 is 0 Å². The third kappa shape index (κ3) is 2.56. The van der Waals surface area contributed by atoms with Crippen LogP contribution >= 0.6 is 15.9 Å². The summed E-state index contributed by atoms with van der Waals surface area (Å²) in [5.74, 6) is 3.06. The van der Waals surface area contributed by atoms with E-state index in [1.807, 2.05) is 7.11 Å². The molecule has 0 amide bonds. The van der Waals surface area contributed by atoms with Gasteiger partial charge in [-0.15, -0.1) is 0 Å². The molecule has 0 aliphatic heterocycles. The maximum atomic E-state index is 5.90. The van der Waals surface area contributed by atoms with Crippen LogP contribution in [0.4, 0.5) is 0 Å². The maximum Gasteiger partial charge on any atom is 0.0684 e. The first-order valence-corrected chi connectivity index (χ1v) is 8.44. The zero-order valence-electron chi connectivity index (χ0n) is 12.2. The minimum atomic E-state index is 0.102. The van der Waals surface area contributed by atoms with Crippen LogP contribution in [0.1, 0.15) is 46.5 Å². The number of hydrogen-bond donors (Lipinski definition) is 0. The maximum absolute atomic E-state index is 5.90. The topological polar surface area (TPSA) is 9.23 Å². The zero-order valence-corrected chi connectivity index (χ0v) is 13.8. The summed E-state index contributed by atoms with van der Waals surface area (Å²) in [7, 11) is 1.90. The van der Waals surface area contributed by atoms with E-state index in [1.165, 1.54) is 25.7 Å². The molecule has 0 spiro atoms. The van der Waals surface area contributed by atoms with E-state index in [-0.39, 0.29) is 5.60 Å². The van der Waals surface area contributed by atoms with Gasteiger partial charge in [-0.25, -0.2) is 0 Å². The SMILES string of the molecule is COC1(C)CCC(C(C)C)C2C=C(CBr)CCC21. The fourth-order valence-electron chi connectivity index (χ4n) is 4.11. The second-order valence-corrected chi connectivity index (χ2v) is 7.21. The molecule has 4 atom stereocenters. The van der Waals surface area contributed by atoms with E-state index in [0.29, 0.717) is 5.92 Å². The van der Waals surface area contributed by atoms with E-state index >= 15 is 0 Å². The lowest BCUT2D eigenvalue weighted by molar-refractivity contribution is -0.107. The Hall–Kier alpha value is 0.180. The number of methoxy groups -OCH3 is 1. The monoisotopic (exact) mass is 314 g/mol. The Morgan fingerprint density at radius 2 is 2.17 bits per heavy atom. The Morgan fingerprint density at radius 1 is 1.44 bits per heavy atom. The Bertz CT molecular complexity index is 323. The Morgan fingerprint density at radius 3 is 2.72 bits per heavy atom. The molecule has 0 saturated heterocycles. The van der Waals surface area contributed by atoms with Gasteiger partial charge < -0.3 is 4.74 Å². The van der Waals surface area contributed by atoms with Crippen LogP contribution in [0, 0.1) is 23.7 Å². The van der Waals surface area contributed by atoms with Crippen LogP contribution < -0.4 is 0 Å². The van der Waals surface area contributed by atoms with Gasteiger partial charge in [0.25, 0.3) is 0 Å². The lowest BCUT2D eigenvalue weighted by atomic mass is 9.58. The summed E-state index contributed by atoms with van der Waals surface area (Å²) in [6.45, 7) is 7.09. The number of ether oxygens (including phenoxy) is 1. The van der Waals surface area contributed by atoms with Crippen LogP contribution in [-0.2, 0) is 4.74 Å². The standard InChI is InChI=1S/C16H27BrO/c1-11(2)13-7-8-16(3,18-4)15-6-5-12(10-17)9-14(13)15/h9,11,13-15H,5-8,10H2,1-4H3. The fourth-order valence-corrected chi connectivity index (χ4v) is 4.58. The normalized spacial score (nSPS) is 40.6. The van der Waals surface area contributed by atoms with Crippen molar-refractivity contribution in [2.45, 2.75) is 52.1 Å². The predicted molar refractivity (Wildman–Crippen MR) is 81.1 cm³/mol. The number of allylic oxidation sites excluding steroid dienone is 2. The van der Waals surface area contributed by atoms with Gasteiger partial charge in [-0.1, -0.05) is 41.4 Å². The van der Waals surface area contributed by atoms with Crippen molar-refractivity contribution in [2.24, 2.45) is 23.7 Å². The molecule has 0 radical (unpaired) electrons. The summed E-state index contributed by atoms with van der Waals surface area (Å²) in [5.41, 5.74) is 1.70. The van der Waals surface area contributed by atoms with Crippen molar-refractivity contribution in [3.05, 3.63) is 11.6 Å². The van der Waals surface area contributed by atoms with Crippen LogP contribution in [-0.4, -0.2) is 18.0 Å². The molecule has 0 aromatic heterocycles. The van der Waals surface area contributed by atoms with Crippen molar-refractivity contribution in [2.75, 3.05) is 12.4 Å². The number of fused-ring (bicyclic) bond motifs is 1. The van der Waals surface area contributed by atoms with Gasteiger partial charge in [0.15, 0.2) is 0 Å². The highest BCUT2D eigenvalue weighted by atomic mass is 79.9. The van der Waals surface area contributed by atoms with E-state index in [1.54, 1.807) is 5.57 Å². The minimum Gasteiger partial charge on any atom is -0.378 e. The molecule has 0 N–H and O–H groups in total. The zero-order chi connectivity index (χ0) is 13.3. The highest BCUT2D eigenvalue weighted by Gasteiger charge is 2.47. The van der Waals surface area contributed by atoms with Gasteiger partial charge in [-0.2, -0.15) is 0 Å². The van der Waals surface area contributed by atoms with Crippen molar-refractivity contribution < 1.29 is 4.74 Å². The molecule has 4 unspecified atom stereocenters. The second kappa shape index (κ2) is 5.66. The van der Waals surface area contributed by atoms with Gasteiger partial charge in [0.1, 0.15) is 0 Å². The highest BCUT2D eigenvalue weighted by Crippen LogP contribution is 2.51. The summed E-state index contributed by atoms with van der Waals surface area (Å²) < 4.78 is 5.90. The van der Waals surface area contributed by atoms with Crippen LogP contribution in [0.25, 0.3) is 0 Å². The molecular formula is C16H27BrO. The predicted octanol–water partition coefficient (Wildman–Crippen LogP) is 4.81. The van der Waals surface area contributed by atoms with Crippen LogP contribution in [0.5, 0.6) is 0 Å². The van der Waals surface area contributed by atoms with E-state index in [0.717, 1.165) is 23.1 Å². The summed E-state index contributed by atoms with van der Waals surface area (Å²) in [4.78, 5) is 0. The second-order valence-electron chi connectivity index (χ2n) is 6.64. The molecule has 0 aromatic rings. The molecule has 2 aliphatic rings. The third-order valence-corrected chi connectivity index (χ3v) is 6.14. The van der Waals surface area contributed by atoms with E-state index in [2.05, 4.69) is 42.8 Å². The summed E-state index contributed by atoms with van der Waals surface area (Å²) in [5, 5.41) is 1.05. The smallest absolute Gasteiger partial charge is 0.0684 e. The first-order chi connectivity index (χ1) is 8.51. The molecule has 2 rings (SSSR count). The molecule has 1 fully saturated rings. The average molecular weight is 315 g/mol. The molecule has 0 aromatic carbocycles. The van der Waals surface area contributed by atoms with Crippen LogP contribution in [0.3, 0.4) is 0 Å². The summed E-state index contributed by atoms with van der Waals surface area (Å²) >= 11 is 3.63. The van der Waals surface area contributed by atoms with Crippen molar-refractivity contribution in [3.63, 3.8) is 0 Å². The Balaban J connectivity index is 2.29. The van der Waals surface area contributed by atoms with Gasteiger partial charge in [-0.3, -0.25) is 0 Å². The van der Waals surface area contributed by atoms with E-state index in [4.69, 9.17) is 4.74 Å². The van der Waals surface area contributed by atoms with Crippen molar-refractivity contribution >= 4 is 15.9 Å². The average Bonchev–Trinajstić information content (AvgIpc) is 2.38. The van der Waals surface area contributed by atoms with Crippen molar-refractivity contribution in [1.29, 1.82) is 0 Å². The number of hydrogen-bond acceptors (Lipinski definition) is 1. The van der Waals surface area contributed by atoms with E-state index < -0.39 is 0 Å². The first kappa shape index (κ1) is 14.6. The third-order valence-electron chi connectivity index (χ3n) is 5.42. The van der Waals surface area contributed by atoms with E-state index in [9.17, 15) is 0 Å². The molecule has 1 saturated carbocycles. The Kier molecular flexibility index (Phi) is 4.59. The number of rotatable bonds is 3. The Labute approximate surface area is 120 Å². The lowest BCUT2D eigenvalue weighted by Gasteiger charge is -2.51. The minimum absolute atomic E-state index is 0.102. The molecule has 2 heteroatoms. The molecular weight excluding hydrogens is 288 g/mol. The van der Waals surface area contributed by atoms with Gasteiger partial charge in [0, 0.05) is 12.4 Å². The van der Waals surface area contributed by atoms with Gasteiger partial charge in [0.2, 0.25) is 0 Å². The van der Waals surface area contributed by atoms with Crippen molar-refractivity contribution in [1.82, 2.24) is 0 Å². The quantitative estimate of drug-likeness (QED) is 0.537. The van der Waals surface area contributed by atoms with Gasteiger partial charge in [0.05, 0.1) is 5.60 Å². The molecule has 104 valence electrons. The lowest BCUT2D eigenvalue weighted by Crippen LogP contribution is -2.49. The molecule has 0 heterocycles. The molecule has 0 bridgehead atoms. The first-order valence-electron chi connectivity index (χ1n) is 7.32. The summed E-state index contributed by atoms with van der Waals surface area (Å²) in [6, 6.07) is 0. The van der Waals surface area contributed by atoms with Crippen molar-refractivity contribution in [3.8, 4) is 0 Å². The molecule has 1 nitrogen and oxygen atoms in total. The van der Waals surface area contributed by atoms with Crippen LogP contribution in [0.15, 0.2) is 11.6 Å². The van der Waals surface area contributed by atoms with Crippen LogP contribution in [0.2, 0.25) is 0 Å². The fraction of sp³-hybridized carbons (Fsp3) is 0.875. The molecule has 2 aliphatic carbocycles. The number of halogens is 1. The van der Waals surface area contributed by atoms with Gasteiger partial charge in [-0.05, 0) is 56.3 Å². The summed E-state index contributed by atoms with van der Waals surface area (Å²) in [6.07, 6.45) is 7.66. The molecule has 18 heavy (non-hydrogen) atoms. The number of alkyl halides is 1.